The highest BCUT2D eigenvalue weighted by molar-refractivity contribution is 7.07. The molecule has 1 aliphatic carbocycles. The zero-order valence-corrected chi connectivity index (χ0v) is 11.3. The van der Waals surface area contributed by atoms with Gasteiger partial charge in [0.25, 0.3) is 0 Å². The molecule has 0 bridgehead atoms. The van der Waals surface area contributed by atoms with E-state index < -0.39 is 0 Å². The molecular formula is C14H23NS. The molecule has 1 unspecified atom stereocenters. The van der Waals surface area contributed by atoms with Crippen molar-refractivity contribution in [3.63, 3.8) is 0 Å². The second kappa shape index (κ2) is 5.33. The van der Waals surface area contributed by atoms with Crippen LogP contribution >= 0.6 is 11.3 Å². The van der Waals surface area contributed by atoms with Crippen molar-refractivity contribution < 1.29 is 0 Å². The van der Waals surface area contributed by atoms with Gasteiger partial charge in [0.15, 0.2) is 0 Å². The summed E-state index contributed by atoms with van der Waals surface area (Å²) in [4.78, 5) is 0. The fraction of sp³-hybridized carbons (Fsp3) is 0.714. The van der Waals surface area contributed by atoms with Gasteiger partial charge in [0.05, 0.1) is 0 Å². The Hall–Kier alpha value is -0.340. The number of hydrogen-bond acceptors (Lipinski definition) is 2. The van der Waals surface area contributed by atoms with Crippen molar-refractivity contribution in [1.29, 1.82) is 0 Å². The molecule has 0 spiro atoms. The van der Waals surface area contributed by atoms with Crippen LogP contribution in [0, 0.1) is 5.41 Å². The molecule has 2 rings (SSSR count). The Balaban J connectivity index is 1.73. The monoisotopic (exact) mass is 237 g/mol. The molecule has 0 radical (unpaired) electrons. The minimum Gasteiger partial charge on any atom is -0.313 e. The molecule has 1 aliphatic rings. The highest BCUT2D eigenvalue weighted by atomic mass is 32.1. The smallest absolute Gasteiger partial charge is 0.00796 e. The number of thiophene rings is 1. The highest BCUT2D eigenvalue weighted by Gasteiger charge is 2.28. The van der Waals surface area contributed by atoms with E-state index in [1.54, 1.807) is 11.3 Å². The van der Waals surface area contributed by atoms with Gasteiger partial charge in [0.2, 0.25) is 0 Å². The summed E-state index contributed by atoms with van der Waals surface area (Å²) in [6, 6.07) is 2.84. The Morgan fingerprint density at radius 2 is 2.19 bits per heavy atom. The third-order valence-corrected chi connectivity index (χ3v) is 4.54. The van der Waals surface area contributed by atoms with E-state index in [-0.39, 0.29) is 0 Å². The van der Waals surface area contributed by atoms with E-state index in [4.69, 9.17) is 0 Å². The molecule has 0 saturated heterocycles. The maximum absolute atomic E-state index is 3.71. The minimum absolute atomic E-state index is 0.572. The summed E-state index contributed by atoms with van der Waals surface area (Å²) in [5, 5.41) is 8.13. The first-order valence-corrected chi connectivity index (χ1v) is 7.37. The first-order valence-electron chi connectivity index (χ1n) is 6.42. The van der Waals surface area contributed by atoms with Crippen LogP contribution in [-0.4, -0.2) is 12.6 Å². The van der Waals surface area contributed by atoms with Crippen LogP contribution in [0.25, 0.3) is 0 Å². The van der Waals surface area contributed by atoms with Crippen LogP contribution in [0.5, 0.6) is 0 Å². The van der Waals surface area contributed by atoms with Crippen LogP contribution in [0.4, 0.5) is 0 Å². The van der Waals surface area contributed by atoms with Crippen LogP contribution in [0.2, 0.25) is 0 Å². The van der Waals surface area contributed by atoms with Crippen LogP contribution in [0.3, 0.4) is 0 Å². The van der Waals surface area contributed by atoms with Gasteiger partial charge < -0.3 is 5.32 Å². The van der Waals surface area contributed by atoms with Gasteiger partial charge in [-0.2, -0.15) is 11.3 Å². The molecule has 16 heavy (non-hydrogen) atoms. The van der Waals surface area contributed by atoms with Gasteiger partial charge in [-0.05, 0) is 54.0 Å². The highest BCUT2D eigenvalue weighted by Crippen LogP contribution is 2.36. The van der Waals surface area contributed by atoms with E-state index in [1.165, 1.54) is 44.2 Å². The predicted molar refractivity (Wildman–Crippen MR) is 72.1 cm³/mol. The van der Waals surface area contributed by atoms with Crippen molar-refractivity contribution in [1.82, 2.24) is 5.32 Å². The molecule has 0 amide bonds. The number of hydrogen-bond donors (Lipinski definition) is 1. The number of nitrogens with one attached hydrogen (secondary N) is 1. The van der Waals surface area contributed by atoms with Gasteiger partial charge in [-0.15, -0.1) is 0 Å². The summed E-state index contributed by atoms with van der Waals surface area (Å²) in [7, 11) is 0. The largest absolute Gasteiger partial charge is 0.313 e. The summed E-state index contributed by atoms with van der Waals surface area (Å²) in [5.41, 5.74) is 2.05. The van der Waals surface area contributed by atoms with Crippen LogP contribution in [0.15, 0.2) is 16.8 Å². The van der Waals surface area contributed by atoms with E-state index in [2.05, 4.69) is 36.0 Å². The maximum atomic E-state index is 3.71. The Morgan fingerprint density at radius 1 is 1.44 bits per heavy atom. The lowest BCUT2D eigenvalue weighted by Gasteiger charge is -2.26. The van der Waals surface area contributed by atoms with E-state index in [0.29, 0.717) is 11.5 Å². The van der Waals surface area contributed by atoms with E-state index in [9.17, 15) is 0 Å². The Kier molecular flexibility index (Phi) is 4.04. The van der Waals surface area contributed by atoms with E-state index in [1.807, 2.05) is 0 Å². The summed E-state index contributed by atoms with van der Waals surface area (Å²) < 4.78 is 0. The topological polar surface area (TPSA) is 12.0 Å². The van der Waals surface area contributed by atoms with Crippen molar-refractivity contribution in [3.05, 3.63) is 22.4 Å². The molecule has 2 heteroatoms. The quantitative estimate of drug-likeness (QED) is 0.820. The summed E-state index contributed by atoms with van der Waals surface area (Å²) in [6.45, 7) is 5.93. The second-order valence-corrected chi connectivity index (χ2v) is 6.42. The molecule has 0 aromatic carbocycles. The molecule has 1 N–H and O–H groups in total. The van der Waals surface area contributed by atoms with Gasteiger partial charge in [0.1, 0.15) is 0 Å². The molecule has 1 heterocycles. The molecule has 1 atom stereocenters. The lowest BCUT2D eigenvalue weighted by Crippen LogP contribution is -2.36. The predicted octanol–water partition coefficient (Wildman–Crippen LogP) is 3.85. The first-order chi connectivity index (χ1) is 7.68. The first kappa shape index (κ1) is 12.1. The van der Waals surface area contributed by atoms with Crippen molar-refractivity contribution in [2.75, 3.05) is 6.54 Å². The molecule has 90 valence electrons. The summed E-state index contributed by atoms with van der Waals surface area (Å²) in [6.07, 6.45) is 6.84. The normalized spacial score (nSPS) is 21.1. The minimum atomic E-state index is 0.572. The van der Waals surface area contributed by atoms with Gasteiger partial charge in [0, 0.05) is 12.6 Å². The lowest BCUT2D eigenvalue weighted by molar-refractivity contribution is 0.300. The third-order valence-electron chi connectivity index (χ3n) is 3.81. The zero-order valence-electron chi connectivity index (χ0n) is 10.5. The average Bonchev–Trinajstić information content (AvgIpc) is 2.88. The fourth-order valence-corrected chi connectivity index (χ4v) is 3.34. The van der Waals surface area contributed by atoms with Crippen molar-refractivity contribution >= 4 is 11.3 Å². The number of rotatable bonds is 5. The average molecular weight is 237 g/mol. The van der Waals surface area contributed by atoms with Crippen LogP contribution < -0.4 is 5.32 Å². The molecule has 1 saturated carbocycles. The van der Waals surface area contributed by atoms with E-state index in [0.717, 1.165) is 0 Å². The zero-order chi connectivity index (χ0) is 11.4. The SMILES string of the molecule is CC(Cc1ccsc1)NCC1(C)CCCC1. The molecule has 0 aliphatic heterocycles. The molecular weight excluding hydrogens is 214 g/mol. The molecule has 1 fully saturated rings. The Bertz CT molecular complexity index is 299. The molecule has 1 aromatic rings. The Labute approximate surface area is 103 Å². The van der Waals surface area contributed by atoms with Crippen LogP contribution in [0.1, 0.15) is 45.1 Å². The maximum Gasteiger partial charge on any atom is 0.00796 e. The third kappa shape index (κ3) is 3.33. The standard InChI is InChI=1S/C14H23NS/c1-12(9-13-5-8-16-10-13)15-11-14(2)6-3-4-7-14/h5,8,10,12,15H,3-4,6-7,9,11H2,1-2H3. The Morgan fingerprint density at radius 3 is 2.81 bits per heavy atom. The van der Waals surface area contributed by atoms with Gasteiger partial charge in [-0.3, -0.25) is 0 Å². The lowest BCUT2D eigenvalue weighted by atomic mass is 9.88. The summed E-state index contributed by atoms with van der Waals surface area (Å²) in [5.74, 6) is 0. The van der Waals surface area contributed by atoms with Crippen molar-refractivity contribution in [2.24, 2.45) is 5.41 Å². The second-order valence-electron chi connectivity index (χ2n) is 5.64. The molecule has 1 nitrogen and oxygen atoms in total. The molecule has 1 aromatic heterocycles. The fourth-order valence-electron chi connectivity index (χ4n) is 2.66. The summed E-state index contributed by atoms with van der Waals surface area (Å²) >= 11 is 1.80. The van der Waals surface area contributed by atoms with E-state index >= 15 is 0 Å². The van der Waals surface area contributed by atoms with Gasteiger partial charge in [-0.25, -0.2) is 0 Å². The van der Waals surface area contributed by atoms with Gasteiger partial charge >= 0.3 is 0 Å². The van der Waals surface area contributed by atoms with Crippen molar-refractivity contribution in [3.8, 4) is 0 Å². The van der Waals surface area contributed by atoms with Gasteiger partial charge in [-0.1, -0.05) is 19.8 Å². The van der Waals surface area contributed by atoms with Crippen molar-refractivity contribution in [2.45, 2.75) is 52.0 Å². The van der Waals surface area contributed by atoms with Crippen LogP contribution in [-0.2, 0) is 6.42 Å².